The third kappa shape index (κ3) is 5.83. The largest absolute Gasteiger partial charge is 0.421 e. The number of aliphatic hydroxyl groups is 1. The van der Waals surface area contributed by atoms with Gasteiger partial charge < -0.3 is 14.9 Å². The van der Waals surface area contributed by atoms with Crippen LogP contribution in [0.5, 0.6) is 0 Å². The minimum absolute atomic E-state index is 0.125. The summed E-state index contributed by atoms with van der Waals surface area (Å²) in [6.07, 6.45) is 1.43. The predicted octanol–water partition coefficient (Wildman–Crippen LogP) is 3.16. The minimum Gasteiger partial charge on any atom is -0.376 e. The van der Waals surface area contributed by atoms with E-state index in [4.69, 9.17) is 12.2 Å². The molecule has 202 valence electrons. The molecule has 2 atom stereocenters. The number of thiocarbonyl (C=S) groups is 1. The lowest BCUT2D eigenvalue weighted by Gasteiger charge is -2.44. The fourth-order valence-corrected chi connectivity index (χ4v) is 6.93. The van der Waals surface area contributed by atoms with E-state index in [2.05, 4.69) is 4.90 Å². The zero-order chi connectivity index (χ0) is 27.0. The molecule has 0 bridgehead atoms. The molecule has 0 amide bonds. The van der Waals surface area contributed by atoms with Crippen LogP contribution in [0.4, 0.5) is 18.9 Å². The molecule has 4 rings (SSSR count). The van der Waals surface area contributed by atoms with Crippen LogP contribution in [0.3, 0.4) is 0 Å². The summed E-state index contributed by atoms with van der Waals surface area (Å²) in [6, 6.07) is 5.24. The summed E-state index contributed by atoms with van der Waals surface area (Å²) in [5.74, 6) is 0.194. The number of hydrogen-bond acceptors (Lipinski definition) is 7. The molecule has 2 aliphatic heterocycles. The Labute approximate surface area is 220 Å². The Bertz CT molecular complexity index is 1200. The summed E-state index contributed by atoms with van der Waals surface area (Å²) >= 11 is 5.31. The van der Waals surface area contributed by atoms with Crippen molar-refractivity contribution in [2.45, 2.75) is 44.0 Å². The molecule has 2 fully saturated rings. The summed E-state index contributed by atoms with van der Waals surface area (Å²) in [6.45, 7) is 3.02. The number of nitrogens with zero attached hydrogens (tertiary/aromatic N) is 3. The van der Waals surface area contributed by atoms with Crippen molar-refractivity contribution < 1.29 is 31.5 Å². The first kappa shape index (κ1) is 27.9. The maximum Gasteiger partial charge on any atom is 0.421 e. The van der Waals surface area contributed by atoms with E-state index in [1.807, 2.05) is 4.90 Å². The number of halogens is 3. The number of piperidine rings is 1. The molecule has 1 N–H and O–H groups in total. The Morgan fingerprint density at radius 3 is 2.32 bits per heavy atom. The Kier molecular flexibility index (Phi) is 7.97. The number of carbonyl (C=O) groups is 1. The van der Waals surface area contributed by atoms with Gasteiger partial charge in [-0.25, -0.2) is 8.42 Å². The van der Waals surface area contributed by atoms with E-state index in [1.54, 1.807) is 12.2 Å². The van der Waals surface area contributed by atoms with E-state index in [9.17, 15) is 31.5 Å². The second kappa shape index (κ2) is 10.6. The van der Waals surface area contributed by atoms with Crippen molar-refractivity contribution in [3.8, 4) is 0 Å². The number of piperazine rings is 1. The zero-order valence-electron chi connectivity index (χ0n) is 20.4. The third-order valence-electron chi connectivity index (χ3n) is 7.22. The molecule has 12 heteroatoms. The average molecular weight is 558 g/mol. The molecule has 1 aromatic rings. The standard InChI is InChI=1S/C25H30F3N3O4S2/c1-24(33,25(26,27)28)18-6-8-19(9-7-18)31-15-14-30(37(34,35)23-5-3-2-4-22(23)36)17-20(31)16-29-12-10-21(32)11-13-29/h2-3,5-9,20,33H,4,10-17H2,1H3/t20-,24-/m0/s1. The van der Waals surface area contributed by atoms with E-state index >= 15 is 0 Å². The van der Waals surface area contributed by atoms with Crippen molar-refractivity contribution in [3.05, 3.63) is 53.0 Å². The van der Waals surface area contributed by atoms with Crippen molar-refractivity contribution in [2.75, 3.05) is 44.2 Å². The van der Waals surface area contributed by atoms with Gasteiger partial charge in [0.15, 0.2) is 5.60 Å². The maximum absolute atomic E-state index is 13.4. The molecule has 2 heterocycles. The van der Waals surface area contributed by atoms with Gasteiger partial charge in [0.2, 0.25) is 10.0 Å². The number of rotatable bonds is 6. The van der Waals surface area contributed by atoms with Crippen molar-refractivity contribution in [2.24, 2.45) is 0 Å². The highest BCUT2D eigenvalue weighted by Crippen LogP contribution is 2.39. The molecule has 37 heavy (non-hydrogen) atoms. The smallest absolute Gasteiger partial charge is 0.376 e. The van der Waals surface area contributed by atoms with Crippen LogP contribution in [0.2, 0.25) is 0 Å². The van der Waals surface area contributed by atoms with Crippen LogP contribution < -0.4 is 4.90 Å². The Hall–Kier alpha value is -2.12. The highest BCUT2D eigenvalue weighted by atomic mass is 32.2. The number of sulfonamides is 1. The summed E-state index contributed by atoms with van der Waals surface area (Å²) in [5, 5.41) is 10.0. The SMILES string of the molecule is C[C@](O)(c1ccc(N2CCN(S(=O)(=O)C3=CC=CCC3=S)C[C@@H]2CN2CCC(=O)CC2)cc1)C(F)(F)F. The molecule has 0 aromatic heterocycles. The number of carbonyl (C=O) groups excluding carboxylic acids is 1. The van der Waals surface area contributed by atoms with Gasteiger partial charge in [0.1, 0.15) is 5.78 Å². The van der Waals surface area contributed by atoms with Crippen molar-refractivity contribution in [1.82, 2.24) is 9.21 Å². The first-order valence-electron chi connectivity index (χ1n) is 12.1. The summed E-state index contributed by atoms with van der Waals surface area (Å²) in [4.78, 5) is 16.3. The lowest BCUT2D eigenvalue weighted by Crippen LogP contribution is -2.59. The molecule has 1 aliphatic carbocycles. The molecule has 0 saturated carbocycles. The van der Waals surface area contributed by atoms with Crippen LogP contribution >= 0.6 is 12.2 Å². The van der Waals surface area contributed by atoms with Gasteiger partial charge in [0.25, 0.3) is 0 Å². The predicted molar refractivity (Wildman–Crippen MR) is 139 cm³/mol. The van der Waals surface area contributed by atoms with Gasteiger partial charge in [-0.15, -0.1) is 0 Å². The lowest BCUT2D eigenvalue weighted by atomic mass is 9.95. The molecule has 2 saturated heterocycles. The van der Waals surface area contributed by atoms with Gasteiger partial charge >= 0.3 is 6.18 Å². The lowest BCUT2D eigenvalue weighted by molar-refractivity contribution is -0.258. The van der Waals surface area contributed by atoms with Crippen LogP contribution in [-0.4, -0.2) is 84.9 Å². The number of anilines is 1. The average Bonchev–Trinajstić information content (AvgIpc) is 2.85. The van der Waals surface area contributed by atoms with Crippen LogP contribution in [0.25, 0.3) is 0 Å². The minimum atomic E-state index is -4.83. The second-order valence-electron chi connectivity index (χ2n) is 9.75. The molecule has 0 spiro atoms. The number of alkyl halides is 3. The summed E-state index contributed by atoms with van der Waals surface area (Å²) in [5.41, 5.74) is -2.63. The van der Waals surface area contributed by atoms with Crippen molar-refractivity contribution in [1.29, 1.82) is 0 Å². The van der Waals surface area contributed by atoms with E-state index in [-0.39, 0.29) is 35.4 Å². The second-order valence-corrected chi connectivity index (χ2v) is 12.2. The number of Topliss-reactive ketones (excluding diaryl/α,β-unsaturated/α-hetero) is 1. The molecule has 0 radical (unpaired) electrons. The molecule has 0 unspecified atom stereocenters. The van der Waals surface area contributed by atoms with Crippen molar-refractivity contribution in [3.63, 3.8) is 0 Å². The van der Waals surface area contributed by atoms with E-state index in [1.165, 1.54) is 34.6 Å². The quantitative estimate of drug-likeness (QED) is 0.539. The molecule has 1 aromatic carbocycles. The molecular weight excluding hydrogens is 527 g/mol. The number of hydrogen-bond donors (Lipinski definition) is 1. The van der Waals surface area contributed by atoms with Crippen LogP contribution in [-0.2, 0) is 20.4 Å². The van der Waals surface area contributed by atoms with E-state index in [0.717, 1.165) is 0 Å². The van der Waals surface area contributed by atoms with Gasteiger partial charge in [-0.05, 0) is 30.7 Å². The van der Waals surface area contributed by atoms with E-state index in [0.29, 0.717) is 62.9 Å². The number of likely N-dealkylation sites (tertiary alicyclic amines) is 1. The number of allylic oxidation sites excluding steroid dienone is 4. The topological polar surface area (TPSA) is 81.2 Å². The van der Waals surface area contributed by atoms with Gasteiger partial charge in [0.05, 0.1) is 10.9 Å². The number of benzene rings is 1. The number of ketones is 1. The Balaban J connectivity index is 1.59. The van der Waals surface area contributed by atoms with Gasteiger partial charge in [-0.3, -0.25) is 4.79 Å². The van der Waals surface area contributed by atoms with Crippen LogP contribution in [0.15, 0.2) is 47.4 Å². The normalized spacial score (nSPS) is 24.2. The fraction of sp³-hybridized carbons (Fsp3) is 0.520. The summed E-state index contributed by atoms with van der Waals surface area (Å²) in [7, 11) is -3.82. The maximum atomic E-state index is 13.4. The first-order valence-corrected chi connectivity index (χ1v) is 14.0. The van der Waals surface area contributed by atoms with Gasteiger partial charge in [-0.1, -0.05) is 36.5 Å². The Morgan fingerprint density at radius 2 is 1.73 bits per heavy atom. The first-order chi connectivity index (χ1) is 17.3. The monoisotopic (exact) mass is 557 g/mol. The van der Waals surface area contributed by atoms with Crippen LogP contribution in [0, 0.1) is 0 Å². The zero-order valence-corrected chi connectivity index (χ0v) is 22.1. The van der Waals surface area contributed by atoms with Gasteiger partial charge in [0, 0.05) is 69.1 Å². The third-order valence-corrected chi connectivity index (χ3v) is 9.69. The molecule has 3 aliphatic rings. The Morgan fingerprint density at radius 1 is 1.08 bits per heavy atom. The van der Waals surface area contributed by atoms with E-state index < -0.39 is 21.8 Å². The van der Waals surface area contributed by atoms with Crippen molar-refractivity contribution >= 4 is 38.6 Å². The summed E-state index contributed by atoms with van der Waals surface area (Å²) < 4.78 is 68.2. The molecular formula is C25H30F3N3O4S2. The highest BCUT2D eigenvalue weighted by molar-refractivity contribution is 7.96. The van der Waals surface area contributed by atoms with Gasteiger partial charge in [-0.2, -0.15) is 17.5 Å². The molecule has 7 nitrogen and oxygen atoms in total. The highest BCUT2D eigenvalue weighted by Gasteiger charge is 2.51. The fourth-order valence-electron chi connectivity index (χ4n) is 4.86. The van der Waals surface area contributed by atoms with Crippen LogP contribution in [0.1, 0.15) is 31.7 Å².